The van der Waals surface area contributed by atoms with Gasteiger partial charge in [-0.25, -0.2) is 9.79 Å². The molecule has 32 heavy (non-hydrogen) atoms. The summed E-state index contributed by atoms with van der Waals surface area (Å²) in [6.07, 6.45) is 7.39. The molecule has 2 aromatic heterocycles. The van der Waals surface area contributed by atoms with Crippen LogP contribution in [0.3, 0.4) is 0 Å². The number of carbonyl (C=O) groups excluding carboxylic acids is 2. The number of H-pyrrole nitrogens is 2. The number of nitrogens with one attached hydrogen (secondary N) is 2. The number of aromatic amines is 2. The predicted molar refractivity (Wildman–Crippen MR) is 123 cm³/mol. The molecular weight excluding hydrogens is 408 g/mol. The van der Waals surface area contributed by atoms with Gasteiger partial charge in [0.2, 0.25) is 5.56 Å². The van der Waals surface area contributed by atoms with E-state index in [4.69, 9.17) is 4.74 Å². The number of benzene rings is 1. The normalized spacial score (nSPS) is 15.7. The maximum absolute atomic E-state index is 13.0. The summed E-state index contributed by atoms with van der Waals surface area (Å²) >= 11 is 0. The Morgan fingerprint density at radius 2 is 1.81 bits per heavy atom. The van der Waals surface area contributed by atoms with Crippen LogP contribution in [0.1, 0.15) is 31.9 Å². The van der Waals surface area contributed by atoms with Gasteiger partial charge in [-0.2, -0.15) is 4.90 Å². The number of carbonyl (C=O) groups is 2. The molecule has 0 unspecified atom stereocenters. The fraction of sp³-hybridized carbons (Fsp3) is 0.167. The molecule has 2 amide bonds. The van der Waals surface area contributed by atoms with E-state index in [9.17, 15) is 14.4 Å². The highest BCUT2D eigenvalue weighted by atomic mass is 16.6. The number of pyridine rings is 1. The highest BCUT2D eigenvalue weighted by molar-refractivity contribution is 6.25. The number of para-hydroxylation sites is 1. The third-order valence-electron chi connectivity index (χ3n) is 4.61. The number of hydrogen-bond donors (Lipinski definition) is 2. The lowest BCUT2D eigenvalue weighted by Gasteiger charge is -2.23. The minimum atomic E-state index is -0.810. The van der Waals surface area contributed by atoms with Crippen LogP contribution in [0.2, 0.25) is 0 Å². The van der Waals surface area contributed by atoms with Crippen LogP contribution in [0.25, 0.3) is 23.1 Å². The van der Waals surface area contributed by atoms with Gasteiger partial charge in [-0.1, -0.05) is 18.2 Å². The van der Waals surface area contributed by atoms with Crippen LogP contribution in [0.5, 0.6) is 0 Å². The van der Waals surface area contributed by atoms with Crippen molar-refractivity contribution in [3.8, 4) is 0 Å². The summed E-state index contributed by atoms with van der Waals surface area (Å²) in [5.41, 5.74) is 1.45. The third-order valence-corrected chi connectivity index (χ3v) is 4.61. The summed E-state index contributed by atoms with van der Waals surface area (Å²) in [5.74, 6) is -0.464. The van der Waals surface area contributed by atoms with E-state index < -0.39 is 17.6 Å². The summed E-state index contributed by atoms with van der Waals surface area (Å²) in [5, 5.41) is 1.00. The number of hydrogen-bond acceptors (Lipinski definition) is 5. The molecule has 162 valence electrons. The minimum Gasteiger partial charge on any atom is -0.443 e. The van der Waals surface area contributed by atoms with Crippen molar-refractivity contribution in [2.75, 3.05) is 0 Å². The summed E-state index contributed by atoms with van der Waals surface area (Å²) in [4.78, 5) is 48.1. The molecule has 3 aromatic rings. The van der Waals surface area contributed by atoms with Gasteiger partial charge in [-0.3, -0.25) is 9.59 Å². The zero-order valence-electron chi connectivity index (χ0n) is 17.9. The molecule has 0 saturated carbocycles. The number of imide groups is 1. The van der Waals surface area contributed by atoms with Gasteiger partial charge in [-0.15, -0.1) is 0 Å². The van der Waals surface area contributed by atoms with E-state index in [1.807, 2.05) is 30.5 Å². The first-order chi connectivity index (χ1) is 15.2. The van der Waals surface area contributed by atoms with Crippen molar-refractivity contribution < 1.29 is 14.3 Å². The lowest BCUT2D eigenvalue weighted by Crippen LogP contribution is -2.41. The Bertz CT molecular complexity index is 1330. The summed E-state index contributed by atoms with van der Waals surface area (Å²) < 4.78 is 5.41. The number of rotatable bonds is 3. The van der Waals surface area contributed by atoms with E-state index in [2.05, 4.69) is 15.0 Å². The van der Waals surface area contributed by atoms with Crippen LogP contribution >= 0.6 is 0 Å². The molecule has 4 rings (SSSR count). The zero-order chi connectivity index (χ0) is 22.9. The standard InChI is InChI=1S/C24H22N4O4/c1-24(2,3)32-23(31)28-20(10-9-16-14-25-18-7-5-4-6-17(16)18)27-19(22(28)30)12-15-8-11-21(29)26-13-15/h4-14,25H,1-3H3,(H,26,29)/b10-9+,19-12-. The average molecular weight is 430 g/mol. The van der Waals surface area contributed by atoms with Crippen molar-refractivity contribution in [3.63, 3.8) is 0 Å². The first-order valence-electron chi connectivity index (χ1n) is 10.0. The average Bonchev–Trinajstić information content (AvgIpc) is 3.28. The van der Waals surface area contributed by atoms with Crippen LogP contribution in [0, 0.1) is 0 Å². The number of nitrogens with zero attached hydrogens (tertiary/aromatic N) is 2. The summed E-state index contributed by atoms with van der Waals surface area (Å²) in [6, 6.07) is 10.7. The SMILES string of the molecule is CC(C)(C)OC(=O)N1C(=O)/C(=C/c2ccc(=O)[nH]c2)N=C1/C=C/c1c[nH]c2ccccc12. The number of ether oxygens (including phenoxy) is 1. The lowest BCUT2D eigenvalue weighted by atomic mass is 10.1. The van der Waals surface area contributed by atoms with Crippen molar-refractivity contribution in [3.05, 3.63) is 82.0 Å². The van der Waals surface area contributed by atoms with Gasteiger partial charge in [0.1, 0.15) is 17.1 Å². The molecule has 8 heteroatoms. The number of aliphatic imine (C=N–C) groups is 1. The lowest BCUT2D eigenvalue weighted by molar-refractivity contribution is -0.122. The largest absolute Gasteiger partial charge is 0.443 e. The van der Waals surface area contributed by atoms with Crippen molar-refractivity contribution in [2.45, 2.75) is 26.4 Å². The molecule has 1 aromatic carbocycles. The van der Waals surface area contributed by atoms with Gasteiger partial charge in [0, 0.05) is 29.4 Å². The first-order valence-corrected chi connectivity index (χ1v) is 10.0. The Balaban J connectivity index is 1.72. The molecule has 0 saturated heterocycles. The molecule has 1 aliphatic rings. The van der Waals surface area contributed by atoms with E-state index in [0.29, 0.717) is 5.56 Å². The van der Waals surface area contributed by atoms with E-state index in [1.54, 1.807) is 39.0 Å². The number of amides is 2. The van der Waals surface area contributed by atoms with Crippen molar-refractivity contribution in [2.24, 2.45) is 4.99 Å². The van der Waals surface area contributed by atoms with Gasteiger partial charge in [-0.05, 0) is 62.3 Å². The minimum absolute atomic E-state index is 0.0569. The van der Waals surface area contributed by atoms with Crippen LogP contribution in [0.4, 0.5) is 4.79 Å². The maximum Gasteiger partial charge on any atom is 0.423 e. The second kappa shape index (κ2) is 8.14. The molecular formula is C24H22N4O4. The Kier molecular flexibility index (Phi) is 5.36. The predicted octanol–water partition coefficient (Wildman–Crippen LogP) is 4.09. The topological polar surface area (TPSA) is 108 Å². The van der Waals surface area contributed by atoms with Crippen molar-refractivity contribution in [1.29, 1.82) is 0 Å². The summed E-state index contributed by atoms with van der Waals surface area (Å²) in [6.45, 7) is 5.17. The Hall–Kier alpha value is -4.20. The molecule has 1 aliphatic heterocycles. The molecule has 2 N–H and O–H groups in total. The zero-order valence-corrected chi connectivity index (χ0v) is 17.9. The third kappa shape index (κ3) is 4.44. The van der Waals surface area contributed by atoms with Gasteiger partial charge >= 0.3 is 6.09 Å². The molecule has 8 nitrogen and oxygen atoms in total. The number of fused-ring (bicyclic) bond motifs is 1. The van der Waals surface area contributed by atoms with Gasteiger partial charge < -0.3 is 14.7 Å². The first kappa shape index (κ1) is 21.0. The molecule has 0 bridgehead atoms. The molecule has 0 spiro atoms. The quantitative estimate of drug-likeness (QED) is 0.610. The molecule has 0 atom stereocenters. The van der Waals surface area contributed by atoms with Crippen molar-refractivity contribution >= 4 is 40.9 Å². The molecule has 0 fully saturated rings. The van der Waals surface area contributed by atoms with Crippen LogP contribution in [-0.2, 0) is 9.53 Å². The van der Waals surface area contributed by atoms with E-state index in [0.717, 1.165) is 21.4 Å². The molecule has 0 aliphatic carbocycles. The highest BCUT2D eigenvalue weighted by Gasteiger charge is 2.37. The van der Waals surface area contributed by atoms with E-state index >= 15 is 0 Å². The van der Waals surface area contributed by atoms with Gasteiger partial charge in [0.05, 0.1) is 0 Å². The fourth-order valence-electron chi connectivity index (χ4n) is 3.20. The Morgan fingerprint density at radius 1 is 1.03 bits per heavy atom. The molecule has 3 heterocycles. The van der Waals surface area contributed by atoms with E-state index in [-0.39, 0.29) is 17.1 Å². The summed E-state index contributed by atoms with van der Waals surface area (Å²) in [7, 11) is 0. The van der Waals surface area contributed by atoms with Gasteiger partial charge in [0.25, 0.3) is 5.91 Å². The second-order valence-corrected chi connectivity index (χ2v) is 8.23. The van der Waals surface area contributed by atoms with Crippen molar-refractivity contribution in [1.82, 2.24) is 14.9 Å². The highest BCUT2D eigenvalue weighted by Crippen LogP contribution is 2.23. The second-order valence-electron chi connectivity index (χ2n) is 8.23. The number of aromatic nitrogens is 2. The Morgan fingerprint density at radius 3 is 2.53 bits per heavy atom. The fourth-order valence-corrected chi connectivity index (χ4v) is 3.20. The molecule has 0 radical (unpaired) electrons. The van der Waals surface area contributed by atoms with Gasteiger partial charge in [0.15, 0.2) is 0 Å². The van der Waals surface area contributed by atoms with Crippen LogP contribution in [-0.4, -0.2) is 38.3 Å². The number of amidine groups is 1. The van der Waals surface area contributed by atoms with E-state index in [1.165, 1.54) is 18.3 Å². The smallest absolute Gasteiger partial charge is 0.423 e. The van der Waals surface area contributed by atoms with Crippen LogP contribution < -0.4 is 5.56 Å². The Labute approximate surface area is 183 Å². The van der Waals surface area contributed by atoms with Crippen LogP contribution in [0.15, 0.2) is 70.4 Å². The monoisotopic (exact) mass is 430 g/mol. The maximum atomic E-state index is 13.0.